The molecule has 0 spiro atoms. The summed E-state index contributed by atoms with van der Waals surface area (Å²) >= 11 is 7.21. The largest absolute Gasteiger partial charge is 0.480 e. The van der Waals surface area contributed by atoms with Crippen LogP contribution in [0.15, 0.2) is 24.3 Å². The first-order valence-electron chi connectivity index (χ1n) is 5.71. The van der Waals surface area contributed by atoms with Crippen LogP contribution in [0, 0.1) is 0 Å². The Bertz CT molecular complexity index is 384. The van der Waals surface area contributed by atoms with Gasteiger partial charge in [0.2, 0.25) is 0 Å². The molecule has 0 saturated heterocycles. The molecule has 0 fully saturated rings. The maximum Gasteiger partial charge on any atom is 0.316 e. The minimum absolute atomic E-state index is 0.379. The van der Waals surface area contributed by atoms with Gasteiger partial charge in [0, 0.05) is 11.6 Å². The van der Waals surface area contributed by atoms with Crippen molar-refractivity contribution in [3.63, 3.8) is 0 Å². The van der Waals surface area contributed by atoms with Gasteiger partial charge >= 0.3 is 5.97 Å². The summed E-state index contributed by atoms with van der Waals surface area (Å²) in [7, 11) is 0. The number of benzene rings is 1. The van der Waals surface area contributed by atoms with Crippen molar-refractivity contribution in [2.45, 2.75) is 18.1 Å². The summed E-state index contributed by atoms with van der Waals surface area (Å²) in [5.74, 6) is -0.777. The van der Waals surface area contributed by atoms with Crippen LogP contribution < -0.4 is 0 Å². The zero-order chi connectivity index (χ0) is 13.4. The lowest BCUT2D eigenvalue weighted by Crippen LogP contribution is -2.18. The molecule has 18 heavy (non-hydrogen) atoms. The van der Waals surface area contributed by atoms with Crippen LogP contribution in [0.3, 0.4) is 0 Å². The van der Waals surface area contributed by atoms with Crippen LogP contribution in [0.1, 0.15) is 12.0 Å². The van der Waals surface area contributed by atoms with Crippen molar-refractivity contribution in [1.82, 2.24) is 0 Å². The molecular formula is C13H17ClO3S. The van der Waals surface area contributed by atoms with Gasteiger partial charge in [0.05, 0.1) is 6.61 Å². The molecule has 0 radical (unpaired) electrons. The number of hydrogen-bond donors (Lipinski definition) is 1. The average molecular weight is 289 g/mol. The van der Waals surface area contributed by atoms with Gasteiger partial charge in [-0.25, -0.2) is 0 Å². The summed E-state index contributed by atoms with van der Waals surface area (Å²) in [4.78, 5) is 10.8. The Hall–Kier alpha value is -0.710. The lowest BCUT2D eigenvalue weighted by Gasteiger charge is -2.09. The molecule has 1 aromatic rings. The summed E-state index contributed by atoms with van der Waals surface area (Å²) in [6.45, 7) is 1.05. The van der Waals surface area contributed by atoms with Gasteiger partial charge in [-0.15, -0.1) is 0 Å². The van der Waals surface area contributed by atoms with Crippen LogP contribution in [-0.4, -0.2) is 35.8 Å². The number of aliphatic carboxylic acids is 1. The highest BCUT2D eigenvalue weighted by atomic mass is 35.5. The van der Waals surface area contributed by atoms with E-state index < -0.39 is 5.97 Å². The lowest BCUT2D eigenvalue weighted by molar-refractivity contribution is -0.136. The first kappa shape index (κ1) is 15.3. The van der Waals surface area contributed by atoms with Crippen molar-refractivity contribution in [3.8, 4) is 0 Å². The van der Waals surface area contributed by atoms with Crippen molar-refractivity contribution in [2.75, 3.05) is 19.5 Å². The Morgan fingerprint density at radius 1 is 1.50 bits per heavy atom. The van der Waals surface area contributed by atoms with E-state index in [0.29, 0.717) is 19.6 Å². The molecule has 0 aliphatic rings. The molecule has 0 aliphatic heterocycles. The number of hydrogen-bond acceptors (Lipinski definition) is 3. The number of halogens is 1. The summed E-state index contributed by atoms with van der Waals surface area (Å²) in [5.41, 5.74) is 1.13. The summed E-state index contributed by atoms with van der Waals surface area (Å²) < 4.78 is 5.44. The van der Waals surface area contributed by atoms with E-state index in [0.717, 1.165) is 17.0 Å². The van der Waals surface area contributed by atoms with E-state index in [2.05, 4.69) is 0 Å². The van der Waals surface area contributed by atoms with Crippen molar-refractivity contribution < 1.29 is 14.6 Å². The summed E-state index contributed by atoms with van der Waals surface area (Å²) in [6.07, 6.45) is 3.12. The number of carbonyl (C=O) groups is 1. The second-order valence-electron chi connectivity index (χ2n) is 3.84. The monoisotopic (exact) mass is 288 g/mol. The molecule has 0 amide bonds. The highest BCUT2D eigenvalue weighted by molar-refractivity contribution is 7.99. The Morgan fingerprint density at radius 3 is 2.89 bits per heavy atom. The maximum absolute atomic E-state index is 10.8. The number of ether oxygens (including phenoxy) is 1. The third-order valence-corrected chi connectivity index (χ3v) is 3.75. The summed E-state index contributed by atoms with van der Waals surface area (Å²) in [6, 6.07) is 7.65. The Labute approximate surface area is 116 Å². The number of carboxylic acid groups (broad SMARTS) is 1. The van der Waals surface area contributed by atoms with Gasteiger partial charge in [0.15, 0.2) is 0 Å². The smallest absolute Gasteiger partial charge is 0.316 e. The highest BCUT2D eigenvalue weighted by Crippen LogP contribution is 2.12. The molecule has 1 aromatic carbocycles. The van der Waals surface area contributed by atoms with E-state index in [1.165, 1.54) is 11.8 Å². The molecule has 1 rings (SSSR count). The lowest BCUT2D eigenvalue weighted by atomic mass is 10.2. The van der Waals surface area contributed by atoms with Crippen LogP contribution >= 0.6 is 23.4 Å². The van der Waals surface area contributed by atoms with E-state index in [4.69, 9.17) is 21.4 Å². The van der Waals surface area contributed by atoms with Crippen LogP contribution in [0.2, 0.25) is 5.02 Å². The first-order chi connectivity index (χ1) is 8.63. The van der Waals surface area contributed by atoms with Crippen molar-refractivity contribution in [2.24, 2.45) is 0 Å². The Balaban J connectivity index is 2.17. The zero-order valence-corrected chi connectivity index (χ0v) is 11.8. The zero-order valence-electron chi connectivity index (χ0n) is 10.3. The number of thioether (sulfide) groups is 1. The fourth-order valence-electron chi connectivity index (χ4n) is 1.52. The van der Waals surface area contributed by atoms with Gasteiger partial charge in [0.25, 0.3) is 0 Å². The molecule has 100 valence electrons. The quantitative estimate of drug-likeness (QED) is 0.747. The van der Waals surface area contributed by atoms with E-state index in [9.17, 15) is 4.79 Å². The molecule has 5 heteroatoms. The van der Waals surface area contributed by atoms with Gasteiger partial charge in [-0.1, -0.05) is 23.7 Å². The van der Waals surface area contributed by atoms with Crippen LogP contribution in [0.5, 0.6) is 0 Å². The van der Waals surface area contributed by atoms with Gasteiger partial charge in [-0.3, -0.25) is 4.79 Å². The molecule has 0 aromatic heterocycles. The topological polar surface area (TPSA) is 46.5 Å². The Morgan fingerprint density at radius 2 is 2.28 bits per heavy atom. The predicted molar refractivity (Wildman–Crippen MR) is 75.5 cm³/mol. The SMILES string of the molecule is CSC(CCOCCc1cccc(Cl)c1)C(=O)O. The van der Waals surface area contributed by atoms with Gasteiger partial charge in [0.1, 0.15) is 5.25 Å². The molecule has 1 N–H and O–H groups in total. The second-order valence-corrected chi connectivity index (χ2v) is 5.32. The summed E-state index contributed by atoms with van der Waals surface area (Å²) in [5, 5.41) is 9.19. The highest BCUT2D eigenvalue weighted by Gasteiger charge is 2.14. The van der Waals surface area contributed by atoms with E-state index in [1.807, 2.05) is 24.3 Å². The molecule has 3 nitrogen and oxygen atoms in total. The van der Waals surface area contributed by atoms with Gasteiger partial charge < -0.3 is 9.84 Å². The second kappa shape index (κ2) is 8.40. The molecule has 0 aliphatic carbocycles. The van der Waals surface area contributed by atoms with Gasteiger partial charge in [-0.05, 0) is 36.8 Å². The fourth-order valence-corrected chi connectivity index (χ4v) is 2.26. The van der Waals surface area contributed by atoms with E-state index in [-0.39, 0.29) is 5.25 Å². The van der Waals surface area contributed by atoms with Crippen molar-refractivity contribution in [1.29, 1.82) is 0 Å². The van der Waals surface area contributed by atoms with Crippen LogP contribution in [0.4, 0.5) is 0 Å². The standard InChI is InChI=1S/C13H17ClO3S/c1-18-12(13(15)16)6-8-17-7-5-10-3-2-4-11(14)9-10/h2-4,9,12H,5-8H2,1H3,(H,15,16). The fraction of sp³-hybridized carbons (Fsp3) is 0.462. The maximum atomic E-state index is 10.8. The first-order valence-corrected chi connectivity index (χ1v) is 7.38. The minimum Gasteiger partial charge on any atom is -0.480 e. The Kier molecular flexibility index (Phi) is 7.16. The molecule has 0 heterocycles. The van der Waals surface area contributed by atoms with E-state index >= 15 is 0 Å². The third-order valence-electron chi connectivity index (χ3n) is 2.51. The number of carboxylic acids is 1. The third kappa shape index (κ3) is 5.76. The number of rotatable bonds is 8. The molecule has 0 bridgehead atoms. The van der Waals surface area contributed by atoms with Gasteiger partial charge in [-0.2, -0.15) is 11.8 Å². The predicted octanol–water partition coefficient (Wildman–Crippen LogP) is 3.11. The molecular weight excluding hydrogens is 272 g/mol. The molecule has 1 unspecified atom stereocenters. The molecule has 1 atom stereocenters. The van der Waals surface area contributed by atoms with Crippen molar-refractivity contribution in [3.05, 3.63) is 34.9 Å². The van der Waals surface area contributed by atoms with E-state index in [1.54, 1.807) is 6.26 Å². The van der Waals surface area contributed by atoms with Crippen LogP contribution in [-0.2, 0) is 16.0 Å². The van der Waals surface area contributed by atoms with Crippen molar-refractivity contribution >= 4 is 29.3 Å². The van der Waals surface area contributed by atoms with Crippen LogP contribution in [0.25, 0.3) is 0 Å². The molecule has 0 saturated carbocycles. The average Bonchev–Trinajstić information content (AvgIpc) is 2.33. The minimum atomic E-state index is -0.777. The normalized spacial score (nSPS) is 12.3.